The van der Waals surface area contributed by atoms with E-state index in [1.807, 2.05) is 34.9 Å². The SMILES string of the molecule is C=CCn1c(SCC(=O)NNC(=O)c2ccccc2)nc2ccccc21. The lowest BCUT2D eigenvalue weighted by atomic mass is 10.2. The first-order chi connectivity index (χ1) is 12.7. The van der Waals surface area contributed by atoms with Crippen molar-refractivity contribution in [1.82, 2.24) is 20.4 Å². The van der Waals surface area contributed by atoms with Crippen molar-refractivity contribution in [3.05, 3.63) is 72.8 Å². The summed E-state index contributed by atoms with van der Waals surface area (Å²) in [6.07, 6.45) is 1.79. The van der Waals surface area contributed by atoms with Gasteiger partial charge in [0, 0.05) is 12.1 Å². The quantitative estimate of drug-likeness (QED) is 0.400. The fourth-order valence-corrected chi connectivity index (χ4v) is 3.25. The first-order valence-electron chi connectivity index (χ1n) is 8.02. The van der Waals surface area contributed by atoms with Gasteiger partial charge in [-0.2, -0.15) is 0 Å². The molecule has 132 valence electrons. The van der Waals surface area contributed by atoms with Crippen LogP contribution in [0.3, 0.4) is 0 Å². The molecule has 0 fully saturated rings. The molecule has 0 aliphatic rings. The van der Waals surface area contributed by atoms with Crippen molar-refractivity contribution in [3.8, 4) is 0 Å². The third kappa shape index (κ3) is 4.12. The van der Waals surface area contributed by atoms with Crippen molar-refractivity contribution in [2.24, 2.45) is 0 Å². The number of hydrogen-bond donors (Lipinski definition) is 2. The summed E-state index contributed by atoms with van der Waals surface area (Å²) in [6.45, 7) is 4.38. The monoisotopic (exact) mass is 366 g/mol. The van der Waals surface area contributed by atoms with Gasteiger partial charge in [0.2, 0.25) is 5.91 Å². The zero-order valence-electron chi connectivity index (χ0n) is 14.0. The Bertz CT molecular complexity index is 937. The predicted molar refractivity (Wildman–Crippen MR) is 103 cm³/mol. The average Bonchev–Trinajstić information content (AvgIpc) is 3.03. The van der Waals surface area contributed by atoms with E-state index in [2.05, 4.69) is 22.4 Å². The van der Waals surface area contributed by atoms with E-state index in [4.69, 9.17) is 0 Å². The van der Waals surface area contributed by atoms with Crippen LogP contribution in [-0.2, 0) is 11.3 Å². The van der Waals surface area contributed by atoms with Gasteiger partial charge in [0.05, 0.1) is 16.8 Å². The van der Waals surface area contributed by atoms with Crippen LogP contribution in [0.4, 0.5) is 0 Å². The van der Waals surface area contributed by atoms with E-state index in [0.29, 0.717) is 12.1 Å². The maximum atomic E-state index is 12.0. The van der Waals surface area contributed by atoms with Crippen LogP contribution in [0.25, 0.3) is 11.0 Å². The Hall–Kier alpha value is -3.06. The zero-order chi connectivity index (χ0) is 18.4. The lowest BCUT2D eigenvalue weighted by Crippen LogP contribution is -2.42. The number of allylic oxidation sites excluding steroid dienone is 1. The van der Waals surface area contributed by atoms with E-state index in [-0.39, 0.29) is 17.6 Å². The number of carbonyl (C=O) groups excluding carboxylic acids is 2. The molecule has 1 aromatic heterocycles. The highest BCUT2D eigenvalue weighted by molar-refractivity contribution is 7.99. The summed E-state index contributed by atoms with van der Waals surface area (Å²) in [6, 6.07) is 16.5. The minimum atomic E-state index is -0.358. The van der Waals surface area contributed by atoms with Crippen LogP contribution in [0.1, 0.15) is 10.4 Å². The number of para-hydroxylation sites is 2. The molecule has 7 heteroatoms. The summed E-state index contributed by atoms with van der Waals surface area (Å²) in [5.41, 5.74) is 7.17. The van der Waals surface area contributed by atoms with E-state index in [1.165, 1.54) is 11.8 Å². The fraction of sp³-hybridized carbons (Fsp3) is 0.105. The highest BCUT2D eigenvalue weighted by Crippen LogP contribution is 2.23. The van der Waals surface area contributed by atoms with E-state index >= 15 is 0 Å². The molecule has 0 aliphatic carbocycles. The van der Waals surface area contributed by atoms with Crippen LogP contribution in [-0.4, -0.2) is 27.1 Å². The normalized spacial score (nSPS) is 10.5. The molecular weight excluding hydrogens is 348 g/mol. The number of nitrogens with one attached hydrogen (secondary N) is 2. The molecule has 3 rings (SSSR count). The lowest BCUT2D eigenvalue weighted by molar-refractivity contribution is -0.119. The summed E-state index contributed by atoms with van der Waals surface area (Å²) in [5.74, 6) is -0.533. The van der Waals surface area contributed by atoms with Gasteiger partial charge in [-0.25, -0.2) is 4.98 Å². The summed E-state index contributed by atoms with van der Waals surface area (Å²) in [5, 5.41) is 0.732. The Morgan fingerprint density at radius 1 is 1.08 bits per heavy atom. The van der Waals surface area contributed by atoms with Crippen LogP contribution >= 0.6 is 11.8 Å². The van der Waals surface area contributed by atoms with Gasteiger partial charge in [0.25, 0.3) is 5.91 Å². The molecule has 2 aromatic carbocycles. The van der Waals surface area contributed by atoms with Gasteiger partial charge in [-0.3, -0.25) is 20.4 Å². The second kappa shape index (κ2) is 8.35. The number of fused-ring (bicyclic) bond motifs is 1. The minimum Gasteiger partial charge on any atom is -0.315 e. The number of nitrogens with zero attached hydrogens (tertiary/aromatic N) is 2. The van der Waals surface area contributed by atoms with Crippen molar-refractivity contribution < 1.29 is 9.59 Å². The highest BCUT2D eigenvalue weighted by Gasteiger charge is 2.12. The van der Waals surface area contributed by atoms with E-state index in [1.54, 1.807) is 30.3 Å². The largest absolute Gasteiger partial charge is 0.315 e. The number of benzene rings is 2. The number of imidazole rings is 1. The number of thioether (sulfide) groups is 1. The molecule has 2 amide bonds. The van der Waals surface area contributed by atoms with Gasteiger partial charge in [0.15, 0.2) is 5.16 Å². The van der Waals surface area contributed by atoms with Crippen LogP contribution in [0.15, 0.2) is 72.4 Å². The molecule has 26 heavy (non-hydrogen) atoms. The number of carbonyl (C=O) groups is 2. The minimum absolute atomic E-state index is 0.134. The fourth-order valence-electron chi connectivity index (χ4n) is 2.42. The third-order valence-corrected chi connectivity index (χ3v) is 4.59. The topological polar surface area (TPSA) is 76.0 Å². The second-order valence-corrected chi connectivity index (χ2v) is 6.38. The molecule has 1 heterocycles. The maximum Gasteiger partial charge on any atom is 0.269 e. The van der Waals surface area contributed by atoms with Gasteiger partial charge in [-0.05, 0) is 24.3 Å². The van der Waals surface area contributed by atoms with Gasteiger partial charge in [-0.1, -0.05) is 48.2 Å². The molecular formula is C19H18N4O2S. The van der Waals surface area contributed by atoms with Gasteiger partial charge in [-0.15, -0.1) is 6.58 Å². The van der Waals surface area contributed by atoms with Crippen molar-refractivity contribution in [3.63, 3.8) is 0 Å². The summed E-state index contributed by atoms with van der Waals surface area (Å²) in [4.78, 5) is 28.5. The van der Waals surface area contributed by atoms with E-state index in [9.17, 15) is 9.59 Å². The predicted octanol–water partition coefficient (Wildman–Crippen LogP) is 2.78. The van der Waals surface area contributed by atoms with Crippen LogP contribution < -0.4 is 10.9 Å². The standard InChI is InChI=1S/C19H18N4O2S/c1-2-12-23-16-11-7-6-10-15(16)20-19(23)26-13-17(24)21-22-18(25)14-8-4-3-5-9-14/h2-11H,1,12-13H2,(H,21,24)(H,22,25). The molecule has 2 N–H and O–H groups in total. The van der Waals surface area contributed by atoms with Crippen molar-refractivity contribution in [2.75, 3.05) is 5.75 Å². The number of hydrazine groups is 1. The number of amides is 2. The Labute approximate surface area is 155 Å². The molecule has 0 saturated heterocycles. The smallest absolute Gasteiger partial charge is 0.269 e. The summed E-state index contributed by atoms with van der Waals surface area (Å²) < 4.78 is 2.00. The van der Waals surface area contributed by atoms with Crippen molar-refractivity contribution >= 4 is 34.6 Å². The third-order valence-electron chi connectivity index (χ3n) is 3.61. The first-order valence-corrected chi connectivity index (χ1v) is 9.01. The molecule has 0 radical (unpaired) electrons. The number of rotatable bonds is 6. The second-order valence-electron chi connectivity index (χ2n) is 5.44. The van der Waals surface area contributed by atoms with Gasteiger partial charge in [0.1, 0.15) is 0 Å². The molecule has 3 aromatic rings. The number of hydrogen-bond acceptors (Lipinski definition) is 4. The van der Waals surface area contributed by atoms with Crippen molar-refractivity contribution in [1.29, 1.82) is 0 Å². The summed E-state index contributed by atoms with van der Waals surface area (Å²) >= 11 is 1.31. The van der Waals surface area contributed by atoms with Gasteiger partial charge >= 0.3 is 0 Å². The molecule has 0 atom stereocenters. The molecule has 6 nitrogen and oxygen atoms in total. The Morgan fingerprint density at radius 2 is 1.81 bits per heavy atom. The molecule has 0 bridgehead atoms. The van der Waals surface area contributed by atoms with E-state index in [0.717, 1.165) is 16.2 Å². The summed E-state index contributed by atoms with van der Waals surface area (Å²) in [7, 11) is 0. The Balaban J connectivity index is 1.59. The highest BCUT2D eigenvalue weighted by atomic mass is 32.2. The maximum absolute atomic E-state index is 12.0. The lowest BCUT2D eigenvalue weighted by Gasteiger charge is -2.08. The first kappa shape index (κ1) is 17.8. The zero-order valence-corrected chi connectivity index (χ0v) is 14.8. The van der Waals surface area contributed by atoms with Crippen LogP contribution in [0.5, 0.6) is 0 Å². The Kier molecular flexibility index (Phi) is 5.70. The van der Waals surface area contributed by atoms with Crippen LogP contribution in [0.2, 0.25) is 0 Å². The van der Waals surface area contributed by atoms with Crippen LogP contribution in [0, 0.1) is 0 Å². The molecule has 0 aliphatic heterocycles. The average molecular weight is 366 g/mol. The van der Waals surface area contributed by atoms with Gasteiger partial charge < -0.3 is 4.57 Å². The molecule has 0 saturated carbocycles. The number of aromatic nitrogens is 2. The Morgan fingerprint density at radius 3 is 2.58 bits per heavy atom. The molecule has 0 spiro atoms. The van der Waals surface area contributed by atoms with E-state index < -0.39 is 0 Å². The molecule has 0 unspecified atom stereocenters. The van der Waals surface area contributed by atoms with Crippen molar-refractivity contribution in [2.45, 2.75) is 11.7 Å².